The van der Waals surface area contributed by atoms with E-state index in [0.717, 1.165) is 12.8 Å². The van der Waals surface area contributed by atoms with E-state index in [1.54, 1.807) is 17.5 Å². The van der Waals surface area contributed by atoms with Gasteiger partial charge in [0.25, 0.3) is 0 Å². The topological polar surface area (TPSA) is 25.8 Å². The van der Waals surface area contributed by atoms with E-state index in [0.29, 0.717) is 0 Å². The molecule has 0 bridgehead atoms. The Morgan fingerprint density at radius 2 is 1.60 bits per heavy atom. The van der Waals surface area contributed by atoms with Gasteiger partial charge >= 0.3 is 0 Å². The van der Waals surface area contributed by atoms with E-state index in [4.69, 9.17) is 0 Å². The van der Waals surface area contributed by atoms with Gasteiger partial charge in [0, 0.05) is 23.5 Å². The Morgan fingerprint density at radius 1 is 0.950 bits per heavy atom. The Kier molecular flexibility index (Phi) is 24.0. The molecular formula is C17H32N2S. The van der Waals surface area contributed by atoms with Crippen molar-refractivity contribution in [2.45, 2.75) is 61.8 Å². The first-order valence-corrected chi connectivity index (χ1v) is 8.01. The van der Waals surface area contributed by atoms with Gasteiger partial charge in [0.05, 0.1) is 5.51 Å². The molecule has 0 fully saturated rings. The van der Waals surface area contributed by atoms with Crippen molar-refractivity contribution in [3.05, 3.63) is 46.7 Å². The molecule has 0 unspecified atom stereocenters. The molecule has 2 nitrogen and oxygen atoms in total. The lowest BCUT2D eigenvalue weighted by atomic mass is 10.2. The molecule has 0 aliphatic heterocycles. The third-order valence-corrected chi connectivity index (χ3v) is 2.89. The largest absolute Gasteiger partial charge is 0.264 e. The third-order valence-electron chi connectivity index (χ3n) is 1.96. The van der Waals surface area contributed by atoms with Crippen LogP contribution in [0.15, 0.2) is 36.2 Å². The number of hydrogen-bond donors (Lipinski definition) is 0. The summed E-state index contributed by atoms with van der Waals surface area (Å²) in [5.41, 5.74) is 3.16. The molecule has 0 N–H and O–H groups in total. The van der Waals surface area contributed by atoms with Crippen molar-refractivity contribution >= 4 is 11.3 Å². The summed E-state index contributed by atoms with van der Waals surface area (Å²) in [6.45, 7) is 12.3. The second kappa shape index (κ2) is 20.1. The lowest BCUT2D eigenvalue weighted by molar-refractivity contribution is 1.10. The van der Waals surface area contributed by atoms with Crippen LogP contribution in [0.5, 0.6) is 0 Å². The first kappa shape index (κ1) is 23.8. The summed E-state index contributed by atoms with van der Waals surface area (Å²) in [6, 6.07) is 4.03. The van der Waals surface area contributed by atoms with E-state index < -0.39 is 0 Å². The van der Waals surface area contributed by atoms with Crippen molar-refractivity contribution in [3.63, 3.8) is 0 Å². The third kappa shape index (κ3) is 13.2. The normalized spacial score (nSPS) is 7.50. The van der Waals surface area contributed by atoms with Crippen LogP contribution in [0.2, 0.25) is 0 Å². The van der Waals surface area contributed by atoms with Crippen molar-refractivity contribution in [1.29, 1.82) is 0 Å². The van der Waals surface area contributed by atoms with Gasteiger partial charge < -0.3 is 0 Å². The molecule has 2 aromatic heterocycles. The van der Waals surface area contributed by atoms with Crippen LogP contribution in [0.3, 0.4) is 0 Å². The van der Waals surface area contributed by atoms with Gasteiger partial charge in [-0.25, -0.2) is 0 Å². The fraction of sp³-hybridized carbons (Fsp3) is 0.529. The lowest BCUT2D eigenvalue weighted by Crippen LogP contribution is -1.77. The number of pyridine rings is 1. The second-order valence-corrected chi connectivity index (χ2v) is 4.01. The molecule has 0 aliphatic rings. The minimum atomic E-state index is 0. The maximum Gasteiger partial charge on any atom is 0.0794 e. The molecule has 2 aromatic rings. The average molecular weight is 297 g/mol. The number of nitrogens with zero attached hydrogens (tertiary/aromatic N) is 2. The van der Waals surface area contributed by atoms with Crippen LogP contribution in [0.4, 0.5) is 0 Å². The quantitative estimate of drug-likeness (QED) is 0.675. The van der Waals surface area contributed by atoms with E-state index >= 15 is 0 Å². The van der Waals surface area contributed by atoms with Gasteiger partial charge in [0.2, 0.25) is 0 Å². The number of aryl methyl sites for hydroxylation is 2. The fourth-order valence-electron chi connectivity index (χ4n) is 1.02. The maximum absolute atomic E-state index is 3.96. The molecule has 0 aliphatic carbocycles. The van der Waals surface area contributed by atoms with Gasteiger partial charge in [-0.2, -0.15) is 0 Å². The van der Waals surface area contributed by atoms with Crippen LogP contribution in [0.1, 0.15) is 59.4 Å². The predicted octanol–water partition coefficient (Wildman–Crippen LogP) is 6.04. The van der Waals surface area contributed by atoms with Gasteiger partial charge in [0.1, 0.15) is 0 Å². The molecule has 116 valence electrons. The van der Waals surface area contributed by atoms with E-state index in [9.17, 15) is 0 Å². The van der Waals surface area contributed by atoms with E-state index in [1.165, 1.54) is 10.4 Å². The SMILES string of the molecule is C.CC.CC.CCc1cccnc1.CCc1cncs1. The van der Waals surface area contributed by atoms with Gasteiger partial charge in [-0.1, -0.05) is 55.0 Å². The number of aromatic nitrogens is 2. The van der Waals surface area contributed by atoms with Crippen molar-refractivity contribution < 1.29 is 0 Å². The van der Waals surface area contributed by atoms with E-state index in [1.807, 2.05) is 51.7 Å². The number of hydrogen-bond acceptors (Lipinski definition) is 3. The van der Waals surface area contributed by atoms with Crippen molar-refractivity contribution in [2.75, 3.05) is 0 Å². The molecule has 0 amide bonds. The standard InChI is InChI=1S/C7H9N.C5H7NS.2C2H6.CH4/c1-2-7-4-3-5-8-6-7;1-2-5-3-6-4-7-5;2*1-2;/h3-6H,2H2,1H3;3-4H,2H2,1H3;2*1-2H3;1H4. The molecule has 20 heavy (non-hydrogen) atoms. The first-order chi connectivity index (χ1) is 9.36. The van der Waals surface area contributed by atoms with Gasteiger partial charge in [-0.15, -0.1) is 11.3 Å². The summed E-state index contributed by atoms with van der Waals surface area (Å²) in [5, 5.41) is 0. The second-order valence-electron chi connectivity index (χ2n) is 3.04. The predicted molar refractivity (Wildman–Crippen MR) is 94.5 cm³/mol. The maximum atomic E-state index is 3.96. The van der Waals surface area contributed by atoms with E-state index in [-0.39, 0.29) is 7.43 Å². The Bertz CT molecular complexity index is 344. The van der Waals surface area contributed by atoms with Gasteiger partial charge in [-0.3, -0.25) is 9.97 Å². The summed E-state index contributed by atoms with van der Waals surface area (Å²) in [6.07, 6.45) is 7.78. The van der Waals surface area contributed by atoms with E-state index in [2.05, 4.69) is 29.9 Å². The first-order valence-electron chi connectivity index (χ1n) is 7.13. The van der Waals surface area contributed by atoms with Crippen molar-refractivity contribution in [2.24, 2.45) is 0 Å². The Balaban J connectivity index is -0.000000224. The smallest absolute Gasteiger partial charge is 0.0794 e. The minimum Gasteiger partial charge on any atom is -0.264 e. The number of thiazole rings is 1. The van der Waals surface area contributed by atoms with Crippen LogP contribution < -0.4 is 0 Å². The molecule has 0 radical (unpaired) electrons. The number of rotatable bonds is 2. The Morgan fingerprint density at radius 3 is 1.85 bits per heavy atom. The molecule has 0 atom stereocenters. The summed E-state index contributed by atoms with van der Waals surface area (Å²) in [7, 11) is 0. The summed E-state index contributed by atoms with van der Waals surface area (Å²) >= 11 is 1.71. The van der Waals surface area contributed by atoms with Gasteiger partial charge in [0.15, 0.2) is 0 Å². The molecule has 2 rings (SSSR count). The molecule has 0 saturated carbocycles. The molecule has 0 spiro atoms. The highest BCUT2D eigenvalue weighted by Gasteiger charge is 1.84. The van der Waals surface area contributed by atoms with Crippen molar-refractivity contribution in [3.8, 4) is 0 Å². The highest BCUT2D eigenvalue weighted by molar-refractivity contribution is 7.09. The summed E-state index contributed by atoms with van der Waals surface area (Å²) < 4.78 is 0. The van der Waals surface area contributed by atoms with Crippen molar-refractivity contribution in [1.82, 2.24) is 9.97 Å². The zero-order valence-corrected chi connectivity index (χ0v) is 14.0. The minimum absolute atomic E-state index is 0. The average Bonchev–Trinajstić information content (AvgIpc) is 3.06. The zero-order chi connectivity index (χ0) is 14.9. The zero-order valence-electron chi connectivity index (χ0n) is 13.2. The summed E-state index contributed by atoms with van der Waals surface area (Å²) in [4.78, 5) is 9.23. The van der Waals surface area contributed by atoms with Crippen LogP contribution in [-0.2, 0) is 12.8 Å². The van der Waals surface area contributed by atoms with Crippen LogP contribution in [-0.4, -0.2) is 9.97 Å². The highest BCUT2D eigenvalue weighted by atomic mass is 32.1. The molecule has 0 aromatic carbocycles. The molecular weight excluding hydrogens is 264 g/mol. The Hall–Kier alpha value is -1.22. The molecule has 2 heterocycles. The monoisotopic (exact) mass is 296 g/mol. The lowest BCUT2D eigenvalue weighted by Gasteiger charge is -1.88. The van der Waals surface area contributed by atoms with Crippen LogP contribution in [0.25, 0.3) is 0 Å². The van der Waals surface area contributed by atoms with Crippen LogP contribution >= 0.6 is 11.3 Å². The Labute approximate surface area is 130 Å². The van der Waals surface area contributed by atoms with Crippen LogP contribution in [0, 0.1) is 0 Å². The highest BCUT2D eigenvalue weighted by Crippen LogP contribution is 2.04. The summed E-state index contributed by atoms with van der Waals surface area (Å²) in [5.74, 6) is 0. The fourth-order valence-corrected chi connectivity index (χ4v) is 1.57. The van der Waals surface area contributed by atoms with Gasteiger partial charge in [-0.05, 0) is 24.5 Å². The molecule has 0 saturated heterocycles. The molecule has 3 heteroatoms.